The van der Waals surface area contributed by atoms with E-state index < -0.39 is 0 Å². The van der Waals surface area contributed by atoms with Crippen LogP contribution in [0, 0.1) is 17.8 Å². The fourth-order valence-corrected chi connectivity index (χ4v) is 6.66. The number of carbonyl (C=O) groups excluding carboxylic acids is 2. The number of hydrogen-bond donors (Lipinski definition) is 1. The fourth-order valence-electron chi connectivity index (χ4n) is 6.66. The first-order valence-corrected chi connectivity index (χ1v) is 13.4. The Balaban J connectivity index is 1.22. The lowest BCUT2D eigenvalue weighted by molar-refractivity contribution is -0.123. The Kier molecular flexibility index (Phi) is 5.88. The lowest BCUT2D eigenvalue weighted by Gasteiger charge is -2.33. The van der Waals surface area contributed by atoms with Gasteiger partial charge in [0.15, 0.2) is 0 Å². The van der Waals surface area contributed by atoms with Crippen LogP contribution < -0.4 is 5.32 Å². The van der Waals surface area contributed by atoms with Gasteiger partial charge in [-0.15, -0.1) is 0 Å². The second-order valence-electron chi connectivity index (χ2n) is 11.0. The van der Waals surface area contributed by atoms with Crippen molar-refractivity contribution in [3.05, 3.63) is 35.0 Å². The van der Waals surface area contributed by atoms with E-state index in [0.29, 0.717) is 6.54 Å². The number of aromatic nitrogens is 1. The molecule has 2 atom stereocenters. The minimum Gasteiger partial charge on any atom is -0.381 e. The van der Waals surface area contributed by atoms with E-state index in [2.05, 4.69) is 29.1 Å². The molecule has 1 N–H and O–H groups in total. The number of aryl methyl sites for hydroxylation is 1. The minimum absolute atomic E-state index is 0.0826. The number of hydrogen-bond acceptors (Lipinski definition) is 3. The Hall–Kier alpha value is -2.34. The van der Waals surface area contributed by atoms with Gasteiger partial charge in [-0.05, 0) is 93.4 Å². The van der Waals surface area contributed by atoms with Gasteiger partial charge in [-0.1, -0.05) is 0 Å². The molecule has 182 valence electrons. The van der Waals surface area contributed by atoms with E-state index in [9.17, 15) is 9.59 Å². The molecule has 6 rings (SSSR count). The number of likely N-dealkylation sites (tertiary alicyclic amines) is 1. The highest BCUT2D eigenvalue weighted by atomic mass is 16.5. The van der Waals surface area contributed by atoms with Crippen LogP contribution in [0.1, 0.15) is 66.6 Å². The average Bonchev–Trinajstić information content (AvgIpc) is 3.70. The molecule has 2 aliphatic carbocycles. The molecule has 3 heterocycles. The van der Waals surface area contributed by atoms with Gasteiger partial charge in [-0.2, -0.15) is 0 Å². The zero-order valence-electron chi connectivity index (χ0n) is 20.4. The Bertz CT molecular complexity index is 1100. The molecule has 1 aromatic heterocycles. The zero-order chi connectivity index (χ0) is 23.2. The summed E-state index contributed by atoms with van der Waals surface area (Å²) in [6, 6.07) is 6.37. The van der Waals surface area contributed by atoms with Crippen molar-refractivity contribution in [3.63, 3.8) is 0 Å². The standard InChI is InChI=1S/C28H37N3O3/c1-30-25-8-6-20(18-10-13-34-14-11-18)15-23(25)24-16-21(7-9-26(24)30)28(33)31-12-2-3-22(17-31)29-27(32)19-4-5-19/h7,9,16,18-20,22H,2-6,8,10-15,17H2,1H3,(H,29,32). The molecule has 0 bridgehead atoms. The number of benzene rings is 1. The Labute approximate surface area is 202 Å². The molecule has 2 aromatic rings. The summed E-state index contributed by atoms with van der Waals surface area (Å²) >= 11 is 0. The van der Waals surface area contributed by atoms with E-state index in [0.717, 1.165) is 75.7 Å². The first-order valence-electron chi connectivity index (χ1n) is 13.4. The minimum atomic E-state index is 0.0826. The highest BCUT2D eigenvalue weighted by Gasteiger charge is 2.34. The van der Waals surface area contributed by atoms with Crippen molar-refractivity contribution in [3.8, 4) is 0 Å². The first kappa shape index (κ1) is 22.1. The van der Waals surface area contributed by atoms with Crippen LogP contribution in [0.25, 0.3) is 10.9 Å². The van der Waals surface area contributed by atoms with Gasteiger partial charge in [-0.3, -0.25) is 9.59 Å². The highest BCUT2D eigenvalue weighted by molar-refractivity contribution is 5.99. The van der Waals surface area contributed by atoms with Crippen LogP contribution in [0.15, 0.2) is 18.2 Å². The summed E-state index contributed by atoms with van der Waals surface area (Å²) in [5.74, 6) is 1.97. The Morgan fingerprint density at radius 2 is 1.85 bits per heavy atom. The van der Waals surface area contributed by atoms with Crippen molar-refractivity contribution in [2.75, 3.05) is 26.3 Å². The van der Waals surface area contributed by atoms with Crippen LogP contribution in [0.5, 0.6) is 0 Å². The van der Waals surface area contributed by atoms with Gasteiger partial charge in [0.2, 0.25) is 5.91 Å². The van der Waals surface area contributed by atoms with Gasteiger partial charge in [0, 0.05) is 67.5 Å². The van der Waals surface area contributed by atoms with Crippen molar-refractivity contribution in [1.29, 1.82) is 0 Å². The van der Waals surface area contributed by atoms with E-state index in [1.54, 1.807) is 0 Å². The normalized spacial score (nSPS) is 25.9. The summed E-state index contributed by atoms with van der Waals surface area (Å²) in [4.78, 5) is 27.7. The summed E-state index contributed by atoms with van der Waals surface area (Å²) in [5.41, 5.74) is 4.93. The Morgan fingerprint density at radius 3 is 2.65 bits per heavy atom. The molecule has 2 amide bonds. The molecule has 2 saturated heterocycles. The number of ether oxygens (including phenoxy) is 1. The molecule has 2 unspecified atom stereocenters. The molecule has 1 saturated carbocycles. The molecular weight excluding hydrogens is 426 g/mol. The number of piperidine rings is 1. The number of nitrogens with one attached hydrogen (secondary N) is 1. The quantitative estimate of drug-likeness (QED) is 0.749. The van der Waals surface area contributed by atoms with Crippen molar-refractivity contribution >= 4 is 22.7 Å². The summed E-state index contributed by atoms with van der Waals surface area (Å²) in [6.07, 6.45) is 9.79. The molecule has 6 nitrogen and oxygen atoms in total. The van der Waals surface area contributed by atoms with Crippen LogP contribution in [-0.2, 0) is 29.4 Å². The smallest absolute Gasteiger partial charge is 0.253 e. The molecule has 2 aliphatic heterocycles. The fraction of sp³-hybridized carbons (Fsp3) is 0.643. The number of fused-ring (bicyclic) bond motifs is 3. The first-order chi connectivity index (χ1) is 16.6. The summed E-state index contributed by atoms with van der Waals surface area (Å²) in [5, 5.41) is 4.44. The lowest BCUT2D eigenvalue weighted by atomic mass is 9.75. The molecule has 34 heavy (non-hydrogen) atoms. The third-order valence-corrected chi connectivity index (χ3v) is 8.84. The summed E-state index contributed by atoms with van der Waals surface area (Å²) in [6.45, 7) is 3.19. The van der Waals surface area contributed by atoms with Gasteiger partial charge in [0.25, 0.3) is 5.91 Å². The topological polar surface area (TPSA) is 63.6 Å². The summed E-state index contributed by atoms with van der Waals surface area (Å²) < 4.78 is 7.96. The highest BCUT2D eigenvalue weighted by Crippen LogP contribution is 2.39. The lowest BCUT2D eigenvalue weighted by Crippen LogP contribution is -2.50. The predicted molar refractivity (Wildman–Crippen MR) is 132 cm³/mol. The van der Waals surface area contributed by atoms with Crippen LogP contribution in [0.3, 0.4) is 0 Å². The van der Waals surface area contributed by atoms with Crippen LogP contribution >= 0.6 is 0 Å². The summed E-state index contributed by atoms with van der Waals surface area (Å²) in [7, 11) is 2.18. The molecule has 6 heteroatoms. The Morgan fingerprint density at radius 1 is 1.03 bits per heavy atom. The third-order valence-electron chi connectivity index (χ3n) is 8.84. The number of rotatable bonds is 4. The van der Waals surface area contributed by atoms with Gasteiger partial charge in [-0.25, -0.2) is 0 Å². The van der Waals surface area contributed by atoms with Gasteiger partial charge < -0.3 is 19.5 Å². The van der Waals surface area contributed by atoms with E-state index in [1.165, 1.54) is 41.4 Å². The molecular formula is C28H37N3O3. The molecule has 1 aromatic carbocycles. The molecule has 4 aliphatic rings. The van der Waals surface area contributed by atoms with Crippen molar-refractivity contribution in [1.82, 2.24) is 14.8 Å². The van der Waals surface area contributed by atoms with Crippen LogP contribution in [-0.4, -0.2) is 53.6 Å². The zero-order valence-corrected chi connectivity index (χ0v) is 20.4. The van der Waals surface area contributed by atoms with E-state index in [-0.39, 0.29) is 23.8 Å². The second-order valence-corrected chi connectivity index (χ2v) is 11.0. The number of amides is 2. The maximum Gasteiger partial charge on any atom is 0.253 e. The third kappa shape index (κ3) is 4.15. The van der Waals surface area contributed by atoms with Gasteiger partial charge in [0.1, 0.15) is 0 Å². The van der Waals surface area contributed by atoms with Crippen LogP contribution in [0.2, 0.25) is 0 Å². The van der Waals surface area contributed by atoms with E-state index in [4.69, 9.17) is 4.74 Å². The van der Waals surface area contributed by atoms with Crippen molar-refractivity contribution < 1.29 is 14.3 Å². The number of nitrogens with zero attached hydrogens (tertiary/aromatic N) is 2. The van der Waals surface area contributed by atoms with E-state index >= 15 is 0 Å². The van der Waals surface area contributed by atoms with Gasteiger partial charge >= 0.3 is 0 Å². The van der Waals surface area contributed by atoms with Crippen LogP contribution in [0.4, 0.5) is 0 Å². The maximum atomic E-state index is 13.5. The van der Waals surface area contributed by atoms with Crippen molar-refractivity contribution in [2.45, 2.75) is 63.8 Å². The van der Waals surface area contributed by atoms with Crippen molar-refractivity contribution in [2.24, 2.45) is 24.8 Å². The molecule has 0 radical (unpaired) electrons. The monoisotopic (exact) mass is 463 g/mol. The maximum absolute atomic E-state index is 13.5. The van der Waals surface area contributed by atoms with E-state index in [1.807, 2.05) is 11.0 Å². The SMILES string of the molecule is Cn1c2c(c3cc(C(=O)N4CCCC(NC(=O)C5CC5)C4)ccc31)CC(C1CCOCC1)CC2. The number of carbonyl (C=O) groups is 2. The largest absolute Gasteiger partial charge is 0.381 e. The molecule has 3 fully saturated rings. The molecule has 0 spiro atoms. The predicted octanol–water partition coefficient (Wildman–Crippen LogP) is 3.84. The average molecular weight is 464 g/mol. The second kappa shape index (κ2) is 9.03. The van der Waals surface area contributed by atoms with Gasteiger partial charge in [0.05, 0.1) is 0 Å².